The number of hydrogen-bond acceptors (Lipinski definition) is 2. The first-order chi connectivity index (χ1) is 8.83. The normalized spacial score (nSPS) is 12.1. The molecule has 94 valence electrons. The number of likely N-dealkylation sites (N-methyl/N-ethyl adjacent to an activating group) is 1. The van der Waals surface area contributed by atoms with E-state index in [-0.39, 0.29) is 0 Å². The van der Waals surface area contributed by atoms with Crippen molar-refractivity contribution < 1.29 is 4.74 Å². The summed E-state index contributed by atoms with van der Waals surface area (Å²) < 4.78 is 5.18. The predicted molar refractivity (Wildman–Crippen MR) is 74.9 cm³/mol. The van der Waals surface area contributed by atoms with Crippen molar-refractivity contribution in [2.75, 3.05) is 14.2 Å². The van der Waals surface area contributed by atoms with Crippen molar-refractivity contribution >= 4 is 0 Å². The molecule has 2 rings (SSSR count). The number of benzene rings is 2. The molecule has 1 atom stereocenters. The second-order valence-electron chi connectivity index (χ2n) is 4.30. The van der Waals surface area contributed by atoms with E-state index in [1.165, 1.54) is 11.1 Å². The van der Waals surface area contributed by atoms with E-state index >= 15 is 0 Å². The molecule has 2 heteroatoms. The summed E-state index contributed by atoms with van der Waals surface area (Å²) in [4.78, 5) is 0. The minimum absolute atomic E-state index is 0.332. The third-order valence-corrected chi connectivity index (χ3v) is 3.15. The van der Waals surface area contributed by atoms with E-state index in [1.807, 2.05) is 25.2 Å². The van der Waals surface area contributed by atoms with Gasteiger partial charge in [-0.3, -0.25) is 0 Å². The first kappa shape index (κ1) is 12.7. The van der Waals surface area contributed by atoms with E-state index in [4.69, 9.17) is 4.74 Å². The molecule has 0 aliphatic carbocycles. The molecule has 2 aromatic carbocycles. The van der Waals surface area contributed by atoms with Crippen LogP contribution in [0.4, 0.5) is 0 Å². The fraction of sp³-hybridized carbons (Fsp3) is 0.250. The zero-order valence-electron chi connectivity index (χ0n) is 10.9. The van der Waals surface area contributed by atoms with Crippen LogP contribution >= 0.6 is 0 Å². The number of rotatable bonds is 5. The molecule has 0 amide bonds. The van der Waals surface area contributed by atoms with Crippen molar-refractivity contribution in [3.63, 3.8) is 0 Å². The third kappa shape index (κ3) is 3.11. The maximum atomic E-state index is 5.18. The molecule has 0 heterocycles. The van der Waals surface area contributed by atoms with Gasteiger partial charge in [0.2, 0.25) is 0 Å². The Balaban J connectivity index is 2.12. The summed E-state index contributed by atoms with van der Waals surface area (Å²) >= 11 is 0. The van der Waals surface area contributed by atoms with Gasteiger partial charge in [-0.25, -0.2) is 0 Å². The Kier molecular flexibility index (Phi) is 4.37. The first-order valence-corrected chi connectivity index (χ1v) is 6.18. The van der Waals surface area contributed by atoms with Crippen LogP contribution in [-0.4, -0.2) is 14.2 Å². The maximum Gasteiger partial charge on any atom is 0.118 e. The van der Waals surface area contributed by atoms with Crippen LogP contribution in [0.2, 0.25) is 0 Å². The lowest BCUT2D eigenvalue weighted by Crippen LogP contribution is -2.18. The van der Waals surface area contributed by atoms with Crippen molar-refractivity contribution in [2.45, 2.75) is 12.5 Å². The lowest BCUT2D eigenvalue weighted by Gasteiger charge is -2.17. The van der Waals surface area contributed by atoms with Crippen LogP contribution < -0.4 is 10.1 Å². The molecular formula is C16H19NO. The molecule has 2 aromatic rings. The van der Waals surface area contributed by atoms with Gasteiger partial charge in [-0.1, -0.05) is 42.5 Å². The van der Waals surface area contributed by atoms with Gasteiger partial charge in [0.1, 0.15) is 5.75 Å². The predicted octanol–water partition coefficient (Wildman–Crippen LogP) is 3.20. The van der Waals surface area contributed by atoms with Gasteiger partial charge in [0, 0.05) is 6.04 Å². The Labute approximate surface area is 109 Å². The molecule has 0 unspecified atom stereocenters. The second-order valence-corrected chi connectivity index (χ2v) is 4.30. The van der Waals surface area contributed by atoms with Gasteiger partial charge in [-0.05, 0) is 36.7 Å². The van der Waals surface area contributed by atoms with Crippen LogP contribution in [-0.2, 0) is 6.42 Å². The highest BCUT2D eigenvalue weighted by Crippen LogP contribution is 2.20. The Hall–Kier alpha value is -1.80. The van der Waals surface area contributed by atoms with Gasteiger partial charge in [0.15, 0.2) is 0 Å². The molecule has 0 bridgehead atoms. The van der Waals surface area contributed by atoms with E-state index in [0.717, 1.165) is 12.2 Å². The molecule has 0 aliphatic rings. The molecular weight excluding hydrogens is 222 g/mol. The molecule has 0 fully saturated rings. The molecule has 0 saturated heterocycles. The fourth-order valence-electron chi connectivity index (χ4n) is 2.07. The summed E-state index contributed by atoms with van der Waals surface area (Å²) in [5.74, 6) is 0.897. The van der Waals surface area contributed by atoms with E-state index in [0.29, 0.717) is 6.04 Å². The van der Waals surface area contributed by atoms with Crippen molar-refractivity contribution in [1.29, 1.82) is 0 Å². The minimum atomic E-state index is 0.332. The Morgan fingerprint density at radius 1 is 1.00 bits per heavy atom. The van der Waals surface area contributed by atoms with E-state index < -0.39 is 0 Å². The molecule has 18 heavy (non-hydrogen) atoms. The summed E-state index contributed by atoms with van der Waals surface area (Å²) in [6, 6.07) is 19.1. The van der Waals surface area contributed by atoms with Crippen molar-refractivity contribution in [1.82, 2.24) is 5.32 Å². The fourth-order valence-corrected chi connectivity index (χ4v) is 2.07. The highest BCUT2D eigenvalue weighted by Gasteiger charge is 2.09. The van der Waals surface area contributed by atoms with Crippen LogP contribution in [0.15, 0.2) is 54.6 Å². The van der Waals surface area contributed by atoms with Gasteiger partial charge in [0.05, 0.1) is 7.11 Å². The maximum absolute atomic E-state index is 5.18. The van der Waals surface area contributed by atoms with E-state index in [1.54, 1.807) is 7.11 Å². The summed E-state index contributed by atoms with van der Waals surface area (Å²) in [6.45, 7) is 0. The quantitative estimate of drug-likeness (QED) is 0.868. The first-order valence-electron chi connectivity index (χ1n) is 6.18. The summed E-state index contributed by atoms with van der Waals surface area (Å²) in [5, 5.41) is 3.36. The molecule has 1 N–H and O–H groups in total. The van der Waals surface area contributed by atoms with Crippen LogP contribution in [0.3, 0.4) is 0 Å². The van der Waals surface area contributed by atoms with Crippen molar-refractivity contribution in [3.8, 4) is 5.75 Å². The van der Waals surface area contributed by atoms with Crippen molar-refractivity contribution in [2.24, 2.45) is 0 Å². The smallest absolute Gasteiger partial charge is 0.118 e. The van der Waals surface area contributed by atoms with Gasteiger partial charge in [-0.15, -0.1) is 0 Å². The van der Waals surface area contributed by atoms with Crippen LogP contribution in [0, 0.1) is 0 Å². The van der Waals surface area contributed by atoms with E-state index in [9.17, 15) is 0 Å². The topological polar surface area (TPSA) is 21.3 Å². The number of hydrogen-bond donors (Lipinski definition) is 1. The highest BCUT2D eigenvalue weighted by molar-refractivity contribution is 5.30. The Morgan fingerprint density at radius 2 is 1.67 bits per heavy atom. The largest absolute Gasteiger partial charge is 0.497 e. The zero-order chi connectivity index (χ0) is 12.8. The standard InChI is InChI=1S/C16H19NO/c1-17-16(12-13-6-4-3-5-7-13)14-8-10-15(18-2)11-9-14/h3-11,16-17H,12H2,1-2H3/t16-/m0/s1. The lowest BCUT2D eigenvalue weighted by atomic mass is 9.99. The summed E-state index contributed by atoms with van der Waals surface area (Å²) in [5.41, 5.74) is 2.62. The SMILES string of the molecule is CN[C@@H](Cc1ccccc1)c1ccc(OC)cc1. The third-order valence-electron chi connectivity index (χ3n) is 3.15. The van der Waals surface area contributed by atoms with Gasteiger partial charge in [0.25, 0.3) is 0 Å². The average molecular weight is 241 g/mol. The van der Waals surface area contributed by atoms with E-state index in [2.05, 4.69) is 41.7 Å². The average Bonchev–Trinajstić information content (AvgIpc) is 2.46. The lowest BCUT2D eigenvalue weighted by molar-refractivity contribution is 0.414. The molecule has 0 spiro atoms. The summed E-state index contributed by atoms with van der Waals surface area (Å²) in [6.07, 6.45) is 0.990. The van der Waals surface area contributed by atoms with Crippen LogP contribution in [0.25, 0.3) is 0 Å². The molecule has 0 aliphatic heterocycles. The summed E-state index contributed by atoms with van der Waals surface area (Å²) in [7, 11) is 3.69. The van der Waals surface area contributed by atoms with Gasteiger partial charge >= 0.3 is 0 Å². The van der Waals surface area contributed by atoms with Crippen molar-refractivity contribution in [3.05, 3.63) is 65.7 Å². The monoisotopic (exact) mass is 241 g/mol. The number of ether oxygens (including phenoxy) is 1. The molecule has 2 nitrogen and oxygen atoms in total. The zero-order valence-corrected chi connectivity index (χ0v) is 10.9. The molecule has 0 radical (unpaired) electrons. The second kappa shape index (κ2) is 6.22. The van der Waals surface area contributed by atoms with Gasteiger partial charge in [-0.2, -0.15) is 0 Å². The Morgan fingerprint density at radius 3 is 2.22 bits per heavy atom. The molecule has 0 saturated carbocycles. The minimum Gasteiger partial charge on any atom is -0.497 e. The number of methoxy groups -OCH3 is 1. The van der Waals surface area contributed by atoms with Gasteiger partial charge < -0.3 is 10.1 Å². The van der Waals surface area contributed by atoms with Crippen LogP contribution in [0.5, 0.6) is 5.75 Å². The number of nitrogens with one attached hydrogen (secondary N) is 1. The Bertz CT molecular complexity index is 464. The van der Waals surface area contributed by atoms with Crippen LogP contribution in [0.1, 0.15) is 17.2 Å². The highest BCUT2D eigenvalue weighted by atomic mass is 16.5. The molecule has 0 aromatic heterocycles.